The summed E-state index contributed by atoms with van der Waals surface area (Å²) in [6.45, 7) is 1.19. The van der Waals surface area contributed by atoms with Gasteiger partial charge in [0, 0.05) is 12.3 Å². The van der Waals surface area contributed by atoms with Gasteiger partial charge in [-0.15, -0.1) is 11.8 Å². The van der Waals surface area contributed by atoms with Crippen molar-refractivity contribution in [2.45, 2.75) is 3.38 Å². The van der Waals surface area contributed by atoms with Crippen LogP contribution in [0.4, 0.5) is 0 Å². The molecule has 0 aromatic rings. The van der Waals surface area contributed by atoms with Gasteiger partial charge in [0.1, 0.15) is 3.38 Å². The molecular weight excluding hydrogens is 209 g/mol. The number of nitrogens with one attached hydrogen (secondary N) is 1. The molecule has 1 heterocycles. The zero-order chi connectivity index (χ0) is 4.41. The van der Waals surface area contributed by atoms with E-state index in [0.29, 0.717) is 3.38 Å². The van der Waals surface area contributed by atoms with Crippen molar-refractivity contribution < 1.29 is 0 Å². The molecule has 36 valence electrons. The van der Waals surface area contributed by atoms with Crippen molar-refractivity contribution in [2.75, 3.05) is 12.3 Å². The first-order chi connectivity index (χ1) is 2.89. The van der Waals surface area contributed by atoms with E-state index in [-0.39, 0.29) is 0 Å². The van der Waals surface area contributed by atoms with Crippen LogP contribution in [0.5, 0.6) is 0 Å². The highest BCUT2D eigenvalue weighted by Crippen LogP contribution is 2.18. The second kappa shape index (κ2) is 2.37. The van der Waals surface area contributed by atoms with E-state index >= 15 is 0 Å². The maximum absolute atomic E-state index is 3.27. The second-order valence-corrected chi connectivity index (χ2v) is 4.44. The maximum Gasteiger partial charge on any atom is 0.106 e. The van der Waals surface area contributed by atoms with E-state index in [1.807, 2.05) is 11.8 Å². The summed E-state index contributed by atoms with van der Waals surface area (Å²) in [5, 5.41) is 3.27. The van der Waals surface area contributed by atoms with E-state index in [4.69, 9.17) is 0 Å². The third-order valence-electron chi connectivity index (χ3n) is 0.671. The Bertz CT molecular complexity index is 44.1. The van der Waals surface area contributed by atoms with E-state index in [0.717, 1.165) is 0 Å². The molecule has 1 aliphatic heterocycles. The smallest absolute Gasteiger partial charge is 0.106 e. The number of hydrogen-bond acceptors (Lipinski definition) is 2. The van der Waals surface area contributed by atoms with E-state index in [9.17, 15) is 0 Å². The molecule has 0 spiro atoms. The lowest BCUT2D eigenvalue weighted by atomic mass is 10.8. The number of thioether (sulfide) groups is 1. The first-order valence-corrected chi connectivity index (χ1v) is 4.18. The summed E-state index contributed by atoms with van der Waals surface area (Å²) in [7, 11) is 0. The Kier molecular flexibility index (Phi) is 2.05. The summed E-state index contributed by atoms with van der Waals surface area (Å²) in [4.78, 5) is 0. The predicted octanol–water partition coefficient (Wildman–Crippen LogP) is 1.04. The molecule has 0 aromatic carbocycles. The maximum atomic E-state index is 3.27. The molecule has 0 amide bonds. The van der Waals surface area contributed by atoms with Crippen molar-refractivity contribution in [3.63, 3.8) is 0 Å². The summed E-state index contributed by atoms with van der Waals surface area (Å²) < 4.78 is 0.683. The molecule has 0 radical (unpaired) electrons. The van der Waals surface area contributed by atoms with Gasteiger partial charge in [0.05, 0.1) is 0 Å². The van der Waals surface area contributed by atoms with Crippen LogP contribution < -0.4 is 5.32 Å². The minimum atomic E-state index is 0.683. The van der Waals surface area contributed by atoms with Gasteiger partial charge >= 0.3 is 0 Å². The highest BCUT2D eigenvalue weighted by Gasteiger charge is 2.07. The third-order valence-corrected chi connectivity index (χ3v) is 3.09. The number of hydrogen-bond donors (Lipinski definition) is 1. The van der Waals surface area contributed by atoms with Gasteiger partial charge in [0.25, 0.3) is 0 Å². The van der Waals surface area contributed by atoms with Gasteiger partial charge < -0.3 is 0 Å². The van der Waals surface area contributed by atoms with Gasteiger partial charge in [-0.05, 0) is 0 Å². The molecule has 1 atom stereocenters. The molecule has 0 saturated carbocycles. The summed E-state index contributed by atoms with van der Waals surface area (Å²) in [6.07, 6.45) is 0. The van der Waals surface area contributed by atoms with Gasteiger partial charge in [0.2, 0.25) is 0 Å². The van der Waals surface area contributed by atoms with Crippen molar-refractivity contribution >= 4 is 34.4 Å². The molecule has 1 aliphatic rings. The van der Waals surface area contributed by atoms with Crippen molar-refractivity contribution in [3.8, 4) is 0 Å². The SMILES string of the molecule is IC1NCCS1. The minimum absolute atomic E-state index is 0.683. The minimum Gasteiger partial charge on any atom is -0.296 e. The average molecular weight is 215 g/mol. The largest absolute Gasteiger partial charge is 0.296 e. The Morgan fingerprint density at radius 2 is 2.67 bits per heavy atom. The van der Waals surface area contributed by atoms with Crippen LogP contribution in [-0.4, -0.2) is 15.7 Å². The number of halogens is 1. The molecule has 3 heteroatoms. The van der Waals surface area contributed by atoms with Crippen LogP contribution in [0.1, 0.15) is 0 Å². The second-order valence-electron chi connectivity index (χ2n) is 1.14. The van der Waals surface area contributed by atoms with E-state index < -0.39 is 0 Å². The van der Waals surface area contributed by atoms with E-state index in [1.54, 1.807) is 0 Å². The fourth-order valence-corrected chi connectivity index (χ4v) is 2.15. The predicted molar refractivity (Wildman–Crippen MR) is 38.3 cm³/mol. The highest BCUT2D eigenvalue weighted by molar-refractivity contribution is 14.1. The first-order valence-electron chi connectivity index (χ1n) is 1.88. The van der Waals surface area contributed by atoms with Crippen LogP contribution in [-0.2, 0) is 0 Å². The summed E-state index contributed by atoms with van der Waals surface area (Å²) in [5.74, 6) is 1.29. The van der Waals surface area contributed by atoms with Gasteiger partial charge in [0.15, 0.2) is 0 Å². The normalized spacial score (nSPS) is 34.5. The number of alkyl halides is 1. The van der Waals surface area contributed by atoms with Gasteiger partial charge in [-0.1, -0.05) is 22.6 Å². The van der Waals surface area contributed by atoms with Crippen molar-refractivity contribution in [2.24, 2.45) is 0 Å². The van der Waals surface area contributed by atoms with E-state index in [2.05, 4.69) is 27.9 Å². The van der Waals surface area contributed by atoms with E-state index in [1.165, 1.54) is 12.3 Å². The Hall–Kier alpha value is 1.04. The van der Waals surface area contributed by atoms with Crippen molar-refractivity contribution in [3.05, 3.63) is 0 Å². The Morgan fingerprint density at radius 1 is 1.83 bits per heavy atom. The summed E-state index contributed by atoms with van der Waals surface area (Å²) >= 11 is 4.36. The standard InChI is InChI=1S/C3H6INS/c4-3-5-1-2-6-3/h3,5H,1-2H2. The molecule has 0 bridgehead atoms. The molecule has 1 nitrogen and oxygen atoms in total. The van der Waals surface area contributed by atoms with Crippen molar-refractivity contribution in [1.29, 1.82) is 0 Å². The van der Waals surface area contributed by atoms with Gasteiger partial charge in [-0.2, -0.15) is 0 Å². The zero-order valence-corrected chi connectivity index (χ0v) is 6.25. The Morgan fingerprint density at radius 3 is 2.83 bits per heavy atom. The average Bonchev–Trinajstić information content (AvgIpc) is 1.86. The fraction of sp³-hybridized carbons (Fsp3) is 1.00. The molecular formula is C3H6INS. The van der Waals surface area contributed by atoms with Crippen LogP contribution in [0, 0.1) is 0 Å². The van der Waals surface area contributed by atoms with Gasteiger partial charge in [-0.3, -0.25) is 5.32 Å². The van der Waals surface area contributed by atoms with Gasteiger partial charge in [-0.25, -0.2) is 0 Å². The van der Waals surface area contributed by atoms with Crippen LogP contribution in [0.3, 0.4) is 0 Å². The topological polar surface area (TPSA) is 12.0 Å². The third kappa shape index (κ3) is 1.27. The monoisotopic (exact) mass is 215 g/mol. The lowest BCUT2D eigenvalue weighted by molar-refractivity contribution is 0.870. The molecule has 1 unspecified atom stereocenters. The first kappa shape index (κ1) is 5.18. The molecule has 1 fully saturated rings. The molecule has 1 saturated heterocycles. The van der Waals surface area contributed by atoms with Crippen LogP contribution in [0.25, 0.3) is 0 Å². The lowest BCUT2D eigenvalue weighted by Crippen LogP contribution is -2.11. The Labute approximate surface area is 55.4 Å². The van der Waals surface area contributed by atoms with Crippen molar-refractivity contribution in [1.82, 2.24) is 5.32 Å². The zero-order valence-electron chi connectivity index (χ0n) is 3.28. The molecule has 1 rings (SSSR count). The fourth-order valence-electron chi connectivity index (χ4n) is 0.394. The lowest BCUT2D eigenvalue weighted by Gasteiger charge is -1.91. The summed E-state index contributed by atoms with van der Waals surface area (Å²) in [6, 6.07) is 0. The Balaban J connectivity index is 2.18. The molecule has 0 aromatic heterocycles. The number of rotatable bonds is 0. The van der Waals surface area contributed by atoms with Crippen LogP contribution in [0.2, 0.25) is 0 Å². The highest BCUT2D eigenvalue weighted by atomic mass is 127. The molecule has 6 heavy (non-hydrogen) atoms. The summed E-state index contributed by atoms with van der Waals surface area (Å²) in [5.41, 5.74) is 0. The van der Waals surface area contributed by atoms with Crippen LogP contribution >= 0.6 is 34.4 Å². The molecule has 1 N–H and O–H groups in total. The van der Waals surface area contributed by atoms with Crippen LogP contribution in [0.15, 0.2) is 0 Å². The quantitative estimate of drug-likeness (QED) is 0.368. The molecule has 0 aliphatic carbocycles.